The summed E-state index contributed by atoms with van der Waals surface area (Å²) in [5.74, 6) is 1.40. The highest BCUT2D eigenvalue weighted by Crippen LogP contribution is 2.25. The zero-order chi connectivity index (χ0) is 12.1. The maximum atomic E-state index is 6.02. The van der Waals surface area contributed by atoms with Gasteiger partial charge in [-0.3, -0.25) is 0 Å². The normalized spacial score (nSPS) is 24.8. The van der Waals surface area contributed by atoms with Crippen molar-refractivity contribution in [2.75, 3.05) is 5.88 Å². The quantitative estimate of drug-likeness (QED) is 0.809. The Morgan fingerprint density at radius 1 is 1.24 bits per heavy atom. The third kappa shape index (κ3) is 3.87. The lowest BCUT2D eigenvalue weighted by Gasteiger charge is -2.31. The molecule has 0 radical (unpaired) electrons. The largest absolute Gasteiger partial charge is 0.310 e. The second kappa shape index (κ2) is 6.63. The fourth-order valence-electron chi connectivity index (χ4n) is 2.56. The van der Waals surface area contributed by atoms with E-state index in [1.54, 1.807) is 0 Å². The summed E-state index contributed by atoms with van der Waals surface area (Å²) in [6.45, 7) is 0.888. The third-order valence-corrected chi connectivity index (χ3v) is 4.20. The monoisotopic (exact) mass is 271 g/mol. The van der Waals surface area contributed by atoms with Crippen molar-refractivity contribution >= 4 is 23.2 Å². The van der Waals surface area contributed by atoms with E-state index in [2.05, 4.69) is 11.4 Å². The van der Waals surface area contributed by atoms with Gasteiger partial charge in [0.15, 0.2) is 0 Å². The standard InChI is InChI=1S/C14H19Cl2N/c15-9-12-5-1-2-7-14(12)17-10-11-4-3-6-13(16)8-11/h3-4,6,8,12,14,17H,1-2,5,7,9-10H2. The molecule has 1 N–H and O–H groups in total. The fourth-order valence-corrected chi connectivity index (χ4v) is 3.14. The molecule has 1 aromatic rings. The molecule has 0 amide bonds. The summed E-state index contributed by atoms with van der Waals surface area (Å²) in [4.78, 5) is 0. The van der Waals surface area contributed by atoms with Crippen molar-refractivity contribution in [2.45, 2.75) is 38.3 Å². The molecular formula is C14H19Cl2N. The molecule has 0 heterocycles. The molecule has 0 aliphatic heterocycles. The van der Waals surface area contributed by atoms with Crippen molar-refractivity contribution in [2.24, 2.45) is 5.92 Å². The van der Waals surface area contributed by atoms with E-state index in [1.807, 2.05) is 18.2 Å². The van der Waals surface area contributed by atoms with Crippen LogP contribution < -0.4 is 5.32 Å². The molecule has 0 spiro atoms. The van der Waals surface area contributed by atoms with E-state index in [0.29, 0.717) is 12.0 Å². The van der Waals surface area contributed by atoms with Gasteiger partial charge in [0.2, 0.25) is 0 Å². The van der Waals surface area contributed by atoms with E-state index in [0.717, 1.165) is 17.4 Å². The van der Waals surface area contributed by atoms with E-state index in [1.165, 1.54) is 31.2 Å². The molecule has 1 aliphatic rings. The zero-order valence-electron chi connectivity index (χ0n) is 9.96. The van der Waals surface area contributed by atoms with E-state index >= 15 is 0 Å². The van der Waals surface area contributed by atoms with Gasteiger partial charge < -0.3 is 5.32 Å². The summed E-state index contributed by atoms with van der Waals surface area (Å²) in [5, 5.41) is 4.43. The Kier molecular flexibility index (Phi) is 5.15. The first-order valence-electron chi connectivity index (χ1n) is 6.33. The van der Waals surface area contributed by atoms with Crippen LogP contribution in [0.25, 0.3) is 0 Å². The first kappa shape index (κ1) is 13.2. The van der Waals surface area contributed by atoms with E-state index in [-0.39, 0.29) is 0 Å². The third-order valence-electron chi connectivity index (χ3n) is 3.56. The predicted octanol–water partition coefficient (Wildman–Crippen LogP) is 4.23. The Balaban J connectivity index is 1.88. The molecule has 2 rings (SSSR count). The highest BCUT2D eigenvalue weighted by atomic mass is 35.5. The molecule has 0 bridgehead atoms. The minimum absolute atomic E-state index is 0.570. The Labute approximate surface area is 114 Å². The van der Waals surface area contributed by atoms with Crippen LogP contribution in [0.4, 0.5) is 0 Å². The number of benzene rings is 1. The summed E-state index contributed by atoms with van der Waals surface area (Å²) < 4.78 is 0. The number of rotatable bonds is 4. The maximum Gasteiger partial charge on any atom is 0.0409 e. The van der Waals surface area contributed by atoms with Crippen molar-refractivity contribution < 1.29 is 0 Å². The molecule has 1 aliphatic carbocycles. The number of halogens is 2. The molecule has 1 fully saturated rings. The Bertz CT molecular complexity index is 354. The van der Waals surface area contributed by atoms with Crippen LogP contribution in [-0.2, 0) is 6.54 Å². The van der Waals surface area contributed by atoms with Crippen LogP contribution in [-0.4, -0.2) is 11.9 Å². The van der Waals surface area contributed by atoms with Gasteiger partial charge in [-0.15, -0.1) is 11.6 Å². The second-order valence-corrected chi connectivity index (χ2v) is 5.56. The van der Waals surface area contributed by atoms with Crippen molar-refractivity contribution in [3.05, 3.63) is 34.9 Å². The molecule has 1 nitrogen and oxygen atoms in total. The lowest BCUT2D eigenvalue weighted by molar-refractivity contribution is 0.282. The van der Waals surface area contributed by atoms with Crippen LogP contribution in [0.5, 0.6) is 0 Å². The molecule has 2 unspecified atom stereocenters. The number of nitrogens with one attached hydrogen (secondary N) is 1. The average Bonchev–Trinajstić information content (AvgIpc) is 2.37. The van der Waals surface area contributed by atoms with E-state index < -0.39 is 0 Å². The minimum Gasteiger partial charge on any atom is -0.310 e. The van der Waals surface area contributed by atoms with Crippen molar-refractivity contribution in [1.29, 1.82) is 0 Å². The van der Waals surface area contributed by atoms with E-state index in [9.17, 15) is 0 Å². The molecule has 3 heteroatoms. The fraction of sp³-hybridized carbons (Fsp3) is 0.571. The Hall–Kier alpha value is -0.240. The van der Waals surface area contributed by atoms with Crippen LogP contribution in [0.1, 0.15) is 31.2 Å². The van der Waals surface area contributed by atoms with Gasteiger partial charge in [-0.25, -0.2) is 0 Å². The van der Waals surface area contributed by atoms with Crippen LogP contribution in [0.15, 0.2) is 24.3 Å². The lowest BCUT2D eigenvalue weighted by Crippen LogP contribution is -2.38. The van der Waals surface area contributed by atoms with Gasteiger partial charge in [0.05, 0.1) is 0 Å². The van der Waals surface area contributed by atoms with Gasteiger partial charge in [0.1, 0.15) is 0 Å². The smallest absolute Gasteiger partial charge is 0.0409 e. The van der Waals surface area contributed by atoms with Gasteiger partial charge in [-0.2, -0.15) is 0 Å². The SMILES string of the molecule is ClCC1CCCCC1NCc1cccc(Cl)c1. The van der Waals surface area contributed by atoms with Gasteiger partial charge in [0.25, 0.3) is 0 Å². The van der Waals surface area contributed by atoms with Crippen LogP contribution in [0, 0.1) is 5.92 Å². The molecule has 1 aromatic carbocycles. The van der Waals surface area contributed by atoms with Gasteiger partial charge >= 0.3 is 0 Å². The van der Waals surface area contributed by atoms with E-state index in [4.69, 9.17) is 23.2 Å². The number of alkyl halides is 1. The van der Waals surface area contributed by atoms with Crippen molar-refractivity contribution in [1.82, 2.24) is 5.32 Å². The summed E-state index contributed by atoms with van der Waals surface area (Å²) in [5.41, 5.74) is 1.25. The van der Waals surface area contributed by atoms with Crippen LogP contribution in [0.2, 0.25) is 5.02 Å². The average molecular weight is 272 g/mol. The lowest BCUT2D eigenvalue weighted by atomic mass is 9.85. The van der Waals surface area contributed by atoms with Crippen LogP contribution >= 0.6 is 23.2 Å². The zero-order valence-corrected chi connectivity index (χ0v) is 11.5. The van der Waals surface area contributed by atoms with Crippen LogP contribution in [0.3, 0.4) is 0 Å². The minimum atomic E-state index is 0.570. The molecular weight excluding hydrogens is 253 g/mol. The predicted molar refractivity (Wildman–Crippen MR) is 74.8 cm³/mol. The second-order valence-electron chi connectivity index (χ2n) is 4.82. The molecule has 0 aromatic heterocycles. The molecule has 0 saturated heterocycles. The van der Waals surface area contributed by atoms with Gasteiger partial charge in [-0.05, 0) is 36.5 Å². The first-order chi connectivity index (χ1) is 8.29. The van der Waals surface area contributed by atoms with Crippen molar-refractivity contribution in [3.63, 3.8) is 0 Å². The molecule has 1 saturated carbocycles. The topological polar surface area (TPSA) is 12.0 Å². The Morgan fingerprint density at radius 3 is 2.82 bits per heavy atom. The summed E-state index contributed by atoms with van der Waals surface area (Å²) >= 11 is 12.0. The maximum absolute atomic E-state index is 6.02. The van der Waals surface area contributed by atoms with Gasteiger partial charge in [-0.1, -0.05) is 36.6 Å². The number of hydrogen-bond acceptors (Lipinski definition) is 1. The Morgan fingerprint density at radius 2 is 2.06 bits per heavy atom. The van der Waals surface area contributed by atoms with Gasteiger partial charge in [0, 0.05) is 23.5 Å². The first-order valence-corrected chi connectivity index (χ1v) is 7.24. The highest BCUT2D eigenvalue weighted by molar-refractivity contribution is 6.30. The number of hydrogen-bond donors (Lipinski definition) is 1. The highest BCUT2D eigenvalue weighted by Gasteiger charge is 2.23. The molecule has 2 atom stereocenters. The molecule has 94 valence electrons. The summed E-state index contributed by atoms with van der Waals surface area (Å²) in [6, 6.07) is 8.61. The van der Waals surface area contributed by atoms with Crippen molar-refractivity contribution in [3.8, 4) is 0 Å². The summed E-state index contributed by atoms with van der Waals surface area (Å²) in [7, 11) is 0. The summed E-state index contributed by atoms with van der Waals surface area (Å²) in [6.07, 6.45) is 5.15. The molecule has 17 heavy (non-hydrogen) atoms.